The molecule has 0 spiro atoms. The van der Waals surface area contributed by atoms with Crippen molar-refractivity contribution in [2.24, 2.45) is 0 Å². The number of carbonyl (C=O) groups excluding carboxylic acids is 1. The molecule has 1 heterocycles. The molecule has 0 atom stereocenters. The summed E-state index contributed by atoms with van der Waals surface area (Å²) >= 11 is 0. The summed E-state index contributed by atoms with van der Waals surface area (Å²) in [7, 11) is 3.09. The molecular formula is C15H17F2N3O2. The van der Waals surface area contributed by atoms with Gasteiger partial charge in [-0.15, -0.1) is 0 Å². The fourth-order valence-corrected chi connectivity index (χ4v) is 2.09. The normalized spacial score (nSPS) is 10.8. The van der Waals surface area contributed by atoms with Gasteiger partial charge in [0.1, 0.15) is 11.6 Å². The Morgan fingerprint density at radius 3 is 2.82 bits per heavy atom. The molecule has 1 aromatic heterocycles. The summed E-state index contributed by atoms with van der Waals surface area (Å²) < 4.78 is 31.5. The summed E-state index contributed by atoms with van der Waals surface area (Å²) in [5.41, 5.74) is 0.749. The van der Waals surface area contributed by atoms with Crippen LogP contribution in [0.25, 0.3) is 0 Å². The second-order valence-corrected chi connectivity index (χ2v) is 4.77. The fraction of sp³-hybridized carbons (Fsp3) is 0.333. The number of aromatic nitrogens is 2. The van der Waals surface area contributed by atoms with Crippen LogP contribution >= 0.6 is 0 Å². The number of nitrogens with zero attached hydrogens (tertiary/aromatic N) is 3. The minimum atomic E-state index is -2.67. The Bertz CT molecular complexity index is 643. The Morgan fingerprint density at radius 2 is 2.14 bits per heavy atom. The summed E-state index contributed by atoms with van der Waals surface area (Å²) in [4.78, 5) is 17.5. The van der Waals surface area contributed by atoms with Gasteiger partial charge in [0.2, 0.25) is 5.91 Å². The highest BCUT2D eigenvalue weighted by Gasteiger charge is 2.17. The first-order valence-corrected chi connectivity index (χ1v) is 6.68. The molecule has 1 amide bonds. The van der Waals surface area contributed by atoms with E-state index in [2.05, 4.69) is 4.98 Å². The van der Waals surface area contributed by atoms with Gasteiger partial charge in [-0.25, -0.2) is 4.98 Å². The van der Waals surface area contributed by atoms with Gasteiger partial charge in [0.05, 0.1) is 20.1 Å². The number of halogens is 2. The van der Waals surface area contributed by atoms with Crippen LogP contribution in [-0.4, -0.2) is 34.5 Å². The molecule has 118 valence electrons. The maximum absolute atomic E-state index is 12.8. The molecule has 0 saturated heterocycles. The number of hydrogen-bond acceptors (Lipinski definition) is 3. The minimum Gasteiger partial charge on any atom is -0.496 e. The highest BCUT2D eigenvalue weighted by Crippen LogP contribution is 2.19. The SMILES string of the molecule is COc1ccccc1CC(=O)N(C)Cc1nccn1C(F)F. The maximum atomic E-state index is 12.8. The number of ether oxygens (including phenoxy) is 1. The van der Waals surface area contributed by atoms with Crippen molar-refractivity contribution in [2.75, 3.05) is 14.2 Å². The highest BCUT2D eigenvalue weighted by atomic mass is 19.3. The van der Waals surface area contributed by atoms with Crippen LogP contribution in [-0.2, 0) is 17.8 Å². The first kappa shape index (κ1) is 15.9. The number of benzene rings is 1. The van der Waals surface area contributed by atoms with E-state index >= 15 is 0 Å². The molecule has 1 aromatic carbocycles. The van der Waals surface area contributed by atoms with E-state index in [-0.39, 0.29) is 24.7 Å². The Hall–Kier alpha value is -2.44. The zero-order valence-corrected chi connectivity index (χ0v) is 12.4. The van der Waals surface area contributed by atoms with Crippen LogP contribution < -0.4 is 4.74 Å². The van der Waals surface area contributed by atoms with Crippen LogP contribution in [0.5, 0.6) is 5.75 Å². The summed E-state index contributed by atoms with van der Waals surface area (Å²) in [6.45, 7) is -2.65. The van der Waals surface area contributed by atoms with Gasteiger partial charge in [0.15, 0.2) is 0 Å². The van der Waals surface area contributed by atoms with Crippen LogP contribution in [0.1, 0.15) is 17.9 Å². The number of hydrogen-bond donors (Lipinski definition) is 0. The average Bonchev–Trinajstić information content (AvgIpc) is 2.96. The zero-order chi connectivity index (χ0) is 16.1. The van der Waals surface area contributed by atoms with Crippen molar-refractivity contribution in [3.8, 4) is 5.75 Å². The number of methoxy groups -OCH3 is 1. The highest BCUT2D eigenvalue weighted by molar-refractivity contribution is 5.79. The van der Waals surface area contributed by atoms with Crippen molar-refractivity contribution in [1.29, 1.82) is 0 Å². The average molecular weight is 309 g/mol. The van der Waals surface area contributed by atoms with E-state index in [0.717, 1.165) is 10.1 Å². The molecule has 0 aliphatic rings. The van der Waals surface area contributed by atoms with E-state index in [4.69, 9.17) is 4.74 Å². The molecule has 0 aliphatic heterocycles. The number of carbonyl (C=O) groups is 1. The molecule has 0 bridgehead atoms. The maximum Gasteiger partial charge on any atom is 0.319 e. The van der Waals surface area contributed by atoms with Crippen molar-refractivity contribution in [3.05, 3.63) is 48.0 Å². The number of rotatable bonds is 6. The topological polar surface area (TPSA) is 47.4 Å². The summed E-state index contributed by atoms with van der Waals surface area (Å²) in [5, 5.41) is 0. The summed E-state index contributed by atoms with van der Waals surface area (Å²) in [6.07, 6.45) is 2.62. The first-order chi connectivity index (χ1) is 10.5. The molecule has 0 saturated carbocycles. The quantitative estimate of drug-likeness (QED) is 0.823. The Labute approximate surface area is 127 Å². The van der Waals surface area contributed by atoms with Gasteiger partial charge >= 0.3 is 6.55 Å². The van der Waals surface area contributed by atoms with Crippen LogP contribution in [0.2, 0.25) is 0 Å². The third-order valence-corrected chi connectivity index (χ3v) is 3.30. The van der Waals surface area contributed by atoms with Gasteiger partial charge in [0.25, 0.3) is 0 Å². The van der Waals surface area contributed by atoms with Gasteiger partial charge < -0.3 is 9.64 Å². The monoisotopic (exact) mass is 309 g/mol. The van der Waals surface area contributed by atoms with E-state index < -0.39 is 6.55 Å². The van der Waals surface area contributed by atoms with Gasteiger partial charge in [-0.3, -0.25) is 9.36 Å². The molecule has 0 aliphatic carbocycles. The third kappa shape index (κ3) is 3.60. The molecule has 7 heteroatoms. The molecular weight excluding hydrogens is 292 g/mol. The number of likely N-dealkylation sites (N-methyl/N-ethyl adjacent to an activating group) is 1. The number of para-hydroxylation sites is 1. The van der Waals surface area contributed by atoms with Crippen molar-refractivity contribution in [1.82, 2.24) is 14.5 Å². The lowest BCUT2D eigenvalue weighted by atomic mass is 10.1. The van der Waals surface area contributed by atoms with Crippen LogP contribution in [0, 0.1) is 0 Å². The lowest BCUT2D eigenvalue weighted by Crippen LogP contribution is -2.29. The lowest BCUT2D eigenvalue weighted by Gasteiger charge is -2.18. The predicted molar refractivity (Wildman–Crippen MR) is 76.7 cm³/mol. The second kappa shape index (κ2) is 7.02. The molecule has 2 rings (SSSR count). The van der Waals surface area contributed by atoms with E-state index in [1.54, 1.807) is 19.2 Å². The van der Waals surface area contributed by atoms with Gasteiger partial charge in [-0.1, -0.05) is 18.2 Å². The Balaban J connectivity index is 2.05. The summed E-state index contributed by atoms with van der Waals surface area (Å²) in [6, 6.07) is 7.20. The predicted octanol–water partition coefficient (Wildman–Crippen LogP) is 2.49. The molecule has 22 heavy (non-hydrogen) atoms. The van der Waals surface area contributed by atoms with Crippen molar-refractivity contribution in [3.63, 3.8) is 0 Å². The van der Waals surface area contributed by atoms with E-state index in [0.29, 0.717) is 5.75 Å². The van der Waals surface area contributed by atoms with Crippen molar-refractivity contribution >= 4 is 5.91 Å². The Morgan fingerprint density at radius 1 is 1.41 bits per heavy atom. The minimum absolute atomic E-state index is 0.0192. The van der Waals surface area contributed by atoms with Crippen molar-refractivity contribution < 1.29 is 18.3 Å². The largest absolute Gasteiger partial charge is 0.496 e. The third-order valence-electron chi connectivity index (χ3n) is 3.30. The standard InChI is InChI=1S/C15H17F2N3O2/c1-19(10-13-18-7-8-20(13)15(16)17)14(21)9-11-5-3-4-6-12(11)22-2/h3-8,15H,9-10H2,1-2H3. The second-order valence-electron chi connectivity index (χ2n) is 4.77. The van der Waals surface area contributed by atoms with Gasteiger partial charge in [-0.2, -0.15) is 8.78 Å². The van der Waals surface area contributed by atoms with E-state index in [1.807, 2.05) is 12.1 Å². The molecule has 5 nitrogen and oxygen atoms in total. The van der Waals surface area contributed by atoms with Crippen LogP contribution in [0.3, 0.4) is 0 Å². The fourth-order valence-electron chi connectivity index (χ4n) is 2.09. The molecule has 0 unspecified atom stereocenters. The van der Waals surface area contributed by atoms with E-state index in [9.17, 15) is 13.6 Å². The molecule has 0 N–H and O–H groups in total. The van der Waals surface area contributed by atoms with Crippen LogP contribution in [0.4, 0.5) is 8.78 Å². The first-order valence-electron chi connectivity index (χ1n) is 6.68. The number of imidazole rings is 1. The van der Waals surface area contributed by atoms with Gasteiger partial charge in [-0.05, 0) is 6.07 Å². The molecule has 0 radical (unpaired) electrons. The van der Waals surface area contributed by atoms with Crippen LogP contribution in [0.15, 0.2) is 36.7 Å². The van der Waals surface area contributed by atoms with Crippen molar-refractivity contribution in [2.45, 2.75) is 19.5 Å². The molecule has 2 aromatic rings. The van der Waals surface area contributed by atoms with Gasteiger partial charge in [0, 0.05) is 25.0 Å². The van der Waals surface area contributed by atoms with E-state index in [1.165, 1.54) is 24.4 Å². The Kier molecular flexibility index (Phi) is 5.08. The lowest BCUT2D eigenvalue weighted by molar-refractivity contribution is -0.129. The number of alkyl halides is 2. The molecule has 0 fully saturated rings. The number of amides is 1. The summed E-state index contributed by atoms with van der Waals surface area (Å²) in [5.74, 6) is 0.567. The smallest absolute Gasteiger partial charge is 0.319 e. The zero-order valence-electron chi connectivity index (χ0n) is 12.4.